The molecule has 1 rings (SSSR count). The molecule has 84 valence electrons. The van der Waals surface area contributed by atoms with Crippen molar-refractivity contribution in [2.24, 2.45) is 5.73 Å². The van der Waals surface area contributed by atoms with Crippen molar-refractivity contribution in [1.29, 1.82) is 0 Å². The highest BCUT2D eigenvalue weighted by Crippen LogP contribution is 2.15. The standard InChI is InChI=1S/C11H16F2N2/c1-7(2)15-6-11(14)9-4-3-8(12)5-10(9)13/h3-5,7,11,15H,6,14H2,1-2H3. The molecule has 0 aliphatic carbocycles. The predicted molar refractivity (Wildman–Crippen MR) is 56.4 cm³/mol. The third kappa shape index (κ3) is 3.57. The number of hydrogen-bond donors (Lipinski definition) is 2. The second-order valence-electron chi connectivity index (χ2n) is 3.84. The third-order valence-corrected chi connectivity index (χ3v) is 2.11. The summed E-state index contributed by atoms with van der Waals surface area (Å²) < 4.78 is 25.9. The van der Waals surface area contributed by atoms with Gasteiger partial charge in [-0.2, -0.15) is 0 Å². The van der Waals surface area contributed by atoms with Crippen molar-refractivity contribution in [2.45, 2.75) is 25.9 Å². The molecule has 0 fully saturated rings. The van der Waals surface area contributed by atoms with Crippen LogP contribution in [0.1, 0.15) is 25.5 Å². The van der Waals surface area contributed by atoms with E-state index in [1.165, 1.54) is 12.1 Å². The Bertz CT molecular complexity index is 326. The quantitative estimate of drug-likeness (QED) is 0.804. The van der Waals surface area contributed by atoms with Crippen LogP contribution in [0.15, 0.2) is 18.2 Å². The van der Waals surface area contributed by atoms with Crippen LogP contribution in [0, 0.1) is 11.6 Å². The van der Waals surface area contributed by atoms with E-state index in [4.69, 9.17) is 5.73 Å². The lowest BCUT2D eigenvalue weighted by Crippen LogP contribution is -2.32. The third-order valence-electron chi connectivity index (χ3n) is 2.11. The highest BCUT2D eigenvalue weighted by atomic mass is 19.1. The van der Waals surface area contributed by atoms with Gasteiger partial charge in [-0.3, -0.25) is 0 Å². The van der Waals surface area contributed by atoms with E-state index in [9.17, 15) is 8.78 Å². The lowest BCUT2D eigenvalue weighted by molar-refractivity contribution is 0.509. The van der Waals surface area contributed by atoms with Gasteiger partial charge in [0, 0.05) is 30.3 Å². The van der Waals surface area contributed by atoms with E-state index < -0.39 is 17.7 Å². The van der Waals surface area contributed by atoms with Gasteiger partial charge in [-0.1, -0.05) is 19.9 Å². The Kier molecular flexibility index (Phi) is 4.17. The number of nitrogens with one attached hydrogen (secondary N) is 1. The summed E-state index contributed by atoms with van der Waals surface area (Å²) >= 11 is 0. The molecule has 4 heteroatoms. The van der Waals surface area contributed by atoms with Crippen LogP contribution in [0.4, 0.5) is 8.78 Å². The Morgan fingerprint density at radius 3 is 2.53 bits per heavy atom. The van der Waals surface area contributed by atoms with Crippen LogP contribution >= 0.6 is 0 Å². The summed E-state index contributed by atoms with van der Waals surface area (Å²) in [6, 6.07) is 3.29. The summed E-state index contributed by atoms with van der Waals surface area (Å²) in [6.07, 6.45) is 0. The zero-order chi connectivity index (χ0) is 11.4. The average Bonchev–Trinajstić information content (AvgIpc) is 2.14. The lowest BCUT2D eigenvalue weighted by Gasteiger charge is -2.15. The smallest absolute Gasteiger partial charge is 0.130 e. The fraction of sp³-hybridized carbons (Fsp3) is 0.455. The summed E-state index contributed by atoms with van der Waals surface area (Å²) in [7, 11) is 0. The molecule has 1 aromatic carbocycles. The van der Waals surface area contributed by atoms with E-state index >= 15 is 0 Å². The summed E-state index contributed by atoms with van der Waals surface area (Å²) in [5.41, 5.74) is 6.11. The van der Waals surface area contributed by atoms with Crippen LogP contribution in [0.3, 0.4) is 0 Å². The Hall–Kier alpha value is -1.00. The minimum Gasteiger partial charge on any atom is -0.323 e. The van der Waals surface area contributed by atoms with Crippen LogP contribution in [0.5, 0.6) is 0 Å². The van der Waals surface area contributed by atoms with Crippen LogP contribution in [-0.2, 0) is 0 Å². The van der Waals surface area contributed by atoms with Crippen LogP contribution in [0.2, 0.25) is 0 Å². The second kappa shape index (κ2) is 5.19. The molecule has 1 unspecified atom stereocenters. The van der Waals surface area contributed by atoms with Gasteiger partial charge in [0.15, 0.2) is 0 Å². The molecule has 2 nitrogen and oxygen atoms in total. The molecule has 0 aliphatic heterocycles. The van der Waals surface area contributed by atoms with Gasteiger partial charge in [-0.15, -0.1) is 0 Å². The molecule has 0 saturated carbocycles. The van der Waals surface area contributed by atoms with Gasteiger partial charge in [0.05, 0.1) is 0 Å². The molecule has 0 saturated heterocycles. The van der Waals surface area contributed by atoms with Crippen LogP contribution < -0.4 is 11.1 Å². The summed E-state index contributed by atoms with van der Waals surface area (Å²) in [4.78, 5) is 0. The van der Waals surface area contributed by atoms with Gasteiger partial charge in [0.1, 0.15) is 11.6 Å². The first-order chi connectivity index (χ1) is 7.00. The monoisotopic (exact) mass is 214 g/mol. The van der Waals surface area contributed by atoms with Crippen molar-refractivity contribution >= 4 is 0 Å². The maximum atomic E-state index is 13.3. The number of nitrogens with two attached hydrogens (primary N) is 1. The molecule has 0 heterocycles. The lowest BCUT2D eigenvalue weighted by atomic mass is 10.1. The molecule has 15 heavy (non-hydrogen) atoms. The van der Waals surface area contributed by atoms with E-state index in [2.05, 4.69) is 5.32 Å². The first-order valence-electron chi connectivity index (χ1n) is 4.94. The number of halogens is 2. The molecule has 0 spiro atoms. The van der Waals surface area contributed by atoms with E-state index in [1.54, 1.807) is 0 Å². The molecule has 0 radical (unpaired) electrons. The molecule has 0 amide bonds. The average molecular weight is 214 g/mol. The minimum atomic E-state index is -0.590. The second-order valence-corrected chi connectivity index (χ2v) is 3.84. The molecular weight excluding hydrogens is 198 g/mol. The first kappa shape index (κ1) is 12.1. The molecular formula is C11H16F2N2. The van der Waals surface area contributed by atoms with Crippen molar-refractivity contribution in [3.63, 3.8) is 0 Å². The summed E-state index contributed by atoms with van der Waals surface area (Å²) in [5.74, 6) is -1.17. The van der Waals surface area contributed by atoms with E-state index in [-0.39, 0.29) is 0 Å². The van der Waals surface area contributed by atoms with Gasteiger partial charge in [-0.25, -0.2) is 8.78 Å². The van der Waals surface area contributed by atoms with E-state index in [0.29, 0.717) is 18.2 Å². The van der Waals surface area contributed by atoms with Gasteiger partial charge in [-0.05, 0) is 6.07 Å². The predicted octanol–water partition coefficient (Wildman–Crippen LogP) is 1.96. The summed E-state index contributed by atoms with van der Waals surface area (Å²) in [5, 5.41) is 3.10. The van der Waals surface area contributed by atoms with Crippen molar-refractivity contribution < 1.29 is 8.78 Å². The van der Waals surface area contributed by atoms with Gasteiger partial charge in [0.2, 0.25) is 0 Å². The first-order valence-corrected chi connectivity index (χ1v) is 4.94. The normalized spacial score (nSPS) is 13.2. The molecule has 1 aromatic rings. The molecule has 0 aromatic heterocycles. The topological polar surface area (TPSA) is 38.0 Å². The van der Waals surface area contributed by atoms with E-state index in [1.807, 2.05) is 13.8 Å². The number of hydrogen-bond acceptors (Lipinski definition) is 2. The highest BCUT2D eigenvalue weighted by Gasteiger charge is 2.12. The number of rotatable bonds is 4. The Morgan fingerprint density at radius 2 is 2.00 bits per heavy atom. The van der Waals surface area contributed by atoms with Gasteiger partial charge >= 0.3 is 0 Å². The molecule has 0 aliphatic rings. The minimum absolute atomic E-state index is 0.291. The van der Waals surface area contributed by atoms with Crippen LogP contribution in [0.25, 0.3) is 0 Å². The van der Waals surface area contributed by atoms with Gasteiger partial charge in [0.25, 0.3) is 0 Å². The SMILES string of the molecule is CC(C)NCC(N)c1ccc(F)cc1F. The number of benzene rings is 1. The van der Waals surface area contributed by atoms with Crippen molar-refractivity contribution in [2.75, 3.05) is 6.54 Å². The highest BCUT2D eigenvalue weighted by molar-refractivity contribution is 5.22. The van der Waals surface area contributed by atoms with Crippen molar-refractivity contribution in [3.05, 3.63) is 35.4 Å². The zero-order valence-electron chi connectivity index (χ0n) is 8.93. The Morgan fingerprint density at radius 1 is 1.33 bits per heavy atom. The largest absolute Gasteiger partial charge is 0.323 e. The Labute approximate surface area is 88.5 Å². The van der Waals surface area contributed by atoms with E-state index in [0.717, 1.165) is 6.07 Å². The van der Waals surface area contributed by atoms with Crippen molar-refractivity contribution in [1.82, 2.24) is 5.32 Å². The fourth-order valence-electron chi connectivity index (χ4n) is 1.27. The summed E-state index contributed by atoms with van der Waals surface area (Å²) in [6.45, 7) is 4.43. The van der Waals surface area contributed by atoms with Crippen LogP contribution in [-0.4, -0.2) is 12.6 Å². The maximum Gasteiger partial charge on any atom is 0.130 e. The zero-order valence-corrected chi connectivity index (χ0v) is 8.93. The maximum absolute atomic E-state index is 13.3. The fourth-order valence-corrected chi connectivity index (χ4v) is 1.27. The molecule has 0 bridgehead atoms. The van der Waals surface area contributed by atoms with Crippen molar-refractivity contribution in [3.8, 4) is 0 Å². The molecule has 3 N–H and O–H groups in total. The Balaban J connectivity index is 2.69. The molecule has 1 atom stereocenters. The van der Waals surface area contributed by atoms with Gasteiger partial charge < -0.3 is 11.1 Å².